The molecular weight excluding hydrogens is 286 g/mol. The van der Waals surface area contributed by atoms with Crippen LogP contribution in [0.1, 0.15) is 33.7 Å². The largest absolute Gasteiger partial charge is 0.346 e. The smallest absolute Gasteiger partial charge is 0.257 e. The van der Waals surface area contributed by atoms with Crippen LogP contribution in [0, 0.1) is 0 Å². The molecule has 0 spiro atoms. The zero-order chi connectivity index (χ0) is 14.9. The molecule has 10 heteroatoms. The number of nitrogens with zero attached hydrogens (tertiary/aromatic N) is 6. The van der Waals surface area contributed by atoms with Crippen molar-refractivity contribution in [1.82, 2.24) is 45.9 Å². The van der Waals surface area contributed by atoms with Gasteiger partial charge in [0.2, 0.25) is 0 Å². The number of carbonyl (C=O) groups excluding carboxylic acids is 1. The lowest BCUT2D eigenvalue weighted by Gasteiger charge is -2.04. The highest BCUT2D eigenvalue weighted by molar-refractivity contribution is 5.96. The van der Waals surface area contributed by atoms with Gasteiger partial charge in [-0.3, -0.25) is 15.0 Å². The molecule has 3 aromatic rings. The van der Waals surface area contributed by atoms with Crippen molar-refractivity contribution >= 4 is 5.91 Å². The van der Waals surface area contributed by atoms with E-state index in [1.54, 1.807) is 0 Å². The zero-order valence-electron chi connectivity index (χ0n) is 11.6. The van der Waals surface area contributed by atoms with E-state index in [2.05, 4.69) is 41.2 Å². The molecule has 0 unspecified atom stereocenters. The molecular formula is C12H13N9O. The third kappa shape index (κ3) is 2.05. The van der Waals surface area contributed by atoms with Gasteiger partial charge in [0, 0.05) is 5.69 Å². The van der Waals surface area contributed by atoms with Gasteiger partial charge in [0.1, 0.15) is 11.9 Å². The molecule has 3 aromatic heterocycles. The van der Waals surface area contributed by atoms with Gasteiger partial charge in [-0.25, -0.2) is 0 Å². The molecule has 0 saturated heterocycles. The normalized spacial score (nSPS) is 13.3. The number of aromatic amines is 2. The molecule has 0 atom stereocenters. The van der Waals surface area contributed by atoms with Gasteiger partial charge >= 0.3 is 0 Å². The summed E-state index contributed by atoms with van der Waals surface area (Å²) < 4.78 is 1.36. The van der Waals surface area contributed by atoms with E-state index in [0.717, 1.165) is 25.0 Å². The van der Waals surface area contributed by atoms with Crippen molar-refractivity contribution < 1.29 is 4.79 Å². The van der Waals surface area contributed by atoms with Crippen LogP contribution in [-0.2, 0) is 19.4 Å². The number of fused-ring (bicyclic) bond motifs is 1. The number of hydrogen-bond donors (Lipinski definition) is 3. The number of tetrazole rings is 1. The van der Waals surface area contributed by atoms with Crippen LogP contribution in [0.3, 0.4) is 0 Å². The van der Waals surface area contributed by atoms with Crippen LogP contribution in [0.15, 0.2) is 12.5 Å². The van der Waals surface area contributed by atoms with Gasteiger partial charge in [0.05, 0.1) is 18.4 Å². The predicted octanol–water partition coefficient (Wildman–Crippen LogP) is -0.473. The minimum atomic E-state index is -0.256. The summed E-state index contributed by atoms with van der Waals surface area (Å²) >= 11 is 0. The minimum absolute atomic E-state index is 0.256. The molecule has 3 N–H and O–H groups in total. The molecule has 0 bridgehead atoms. The predicted molar refractivity (Wildman–Crippen MR) is 73.1 cm³/mol. The topological polar surface area (TPSA) is 130 Å². The molecule has 10 nitrogen and oxygen atoms in total. The second kappa shape index (κ2) is 5.06. The molecule has 3 heterocycles. The summed E-state index contributed by atoms with van der Waals surface area (Å²) in [6.07, 6.45) is 6.02. The van der Waals surface area contributed by atoms with E-state index in [0.29, 0.717) is 17.9 Å². The molecule has 0 aromatic carbocycles. The van der Waals surface area contributed by atoms with Crippen molar-refractivity contribution in [3.63, 3.8) is 0 Å². The van der Waals surface area contributed by atoms with Gasteiger partial charge in [0.25, 0.3) is 5.91 Å². The molecule has 1 amide bonds. The van der Waals surface area contributed by atoms with Crippen molar-refractivity contribution in [3.8, 4) is 5.82 Å². The second-order valence-electron chi connectivity index (χ2n) is 5.05. The van der Waals surface area contributed by atoms with E-state index >= 15 is 0 Å². The Balaban J connectivity index is 1.50. The van der Waals surface area contributed by atoms with Gasteiger partial charge < -0.3 is 5.32 Å². The molecule has 4 rings (SSSR count). The zero-order valence-corrected chi connectivity index (χ0v) is 11.6. The average Bonchev–Trinajstić information content (AvgIpc) is 3.28. The van der Waals surface area contributed by atoms with Crippen LogP contribution in [0.2, 0.25) is 0 Å². The molecule has 0 aliphatic heterocycles. The summed E-state index contributed by atoms with van der Waals surface area (Å²) in [7, 11) is 0. The van der Waals surface area contributed by atoms with Crippen molar-refractivity contribution in [1.29, 1.82) is 0 Å². The van der Waals surface area contributed by atoms with Crippen LogP contribution < -0.4 is 5.32 Å². The summed E-state index contributed by atoms with van der Waals surface area (Å²) in [6, 6.07) is 0. The fraction of sp³-hybridized carbons (Fsp3) is 0.333. The Labute approximate surface area is 124 Å². The summed E-state index contributed by atoms with van der Waals surface area (Å²) in [5.41, 5.74) is 3.68. The third-order valence-corrected chi connectivity index (χ3v) is 3.75. The van der Waals surface area contributed by atoms with Gasteiger partial charge in [-0.2, -0.15) is 14.9 Å². The number of nitrogens with one attached hydrogen (secondary N) is 3. The van der Waals surface area contributed by atoms with Crippen LogP contribution in [0.5, 0.6) is 0 Å². The highest BCUT2D eigenvalue weighted by atomic mass is 16.1. The van der Waals surface area contributed by atoms with Gasteiger partial charge in [-0.05, 0) is 35.3 Å². The third-order valence-electron chi connectivity index (χ3n) is 3.75. The summed E-state index contributed by atoms with van der Waals surface area (Å²) in [6.45, 7) is 0.380. The Bertz CT molecular complexity index is 801. The molecule has 0 saturated carbocycles. The van der Waals surface area contributed by atoms with E-state index in [4.69, 9.17) is 0 Å². The first-order valence-electron chi connectivity index (χ1n) is 6.93. The van der Waals surface area contributed by atoms with E-state index in [1.807, 2.05) is 0 Å². The molecule has 0 radical (unpaired) electrons. The second-order valence-corrected chi connectivity index (χ2v) is 5.05. The van der Waals surface area contributed by atoms with Gasteiger partial charge in [0.15, 0.2) is 5.82 Å². The summed E-state index contributed by atoms with van der Waals surface area (Å²) in [5.74, 6) is 0.170. The number of carbonyl (C=O) groups is 1. The van der Waals surface area contributed by atoms with Crippen molar-refractivity contribution in [2.75, 3.05) is 0 Å². The standard InChI is InChI=1S/C12H13N9O/c22-12(8-4-14-18-11(8)21-6-15-19-20-21)13-5-10-7-2-1-3-9(7)16-17-10/h4,6H,1-3,5H2,(H,13,22)(H,14,18)(H,16,17). The monoisotopic (exact) mass is 299 g/mol. The number of aromatic nitrogens is 8. The number of H-pyrrole nitrogens is 2. The van der Waals surface area contributed by atoms with Crippen LogP contribution >= 0.6 is 0 Å². The maximum Gasteiger partial charge on any atom is 0.257 e. The Kier molecular flexibility index (Phi) is 2.92. The lowest BCUT2D eigenvalue weighted by atomic mass is 10.2. The first-order chi connectivity index (χ1) is 10.8. The number of amides is 1. The maximum absolute atomic E-state index is 12.3. The van der Waals surface area contributed by atoms with Gasteiger partial charge in [-0.1, -0.05) is 0 Å². The molecule has 1 aliphatic carbocycles. The quantitative estimate of drug-likeness (QED) is 0.597. The average molecular weight is 299 g/mol. The lowest BCUT2D eigenvalue weighted by molar-refractivity contribution is 0.0950. The van der Waals surface area contributed by atoms with Crippen molar-refractivity contribution in [2.45, 2.75) is 25.8 Å². The highest BCUT2D eigenvalue weighted by Crippen LogP contribution is 2.22. The highest BCUT2D eigenvalue weighted by Gasteiger charge is 2.20. The SMILES string of the molecule is O=C(NCc1n[nH]c2c1CCC2)c1cn[nH]c1-n1cnnn1. The fourth-order valence-corrected chi connectivity index (χ4v) is 2.68. The molecule has 0 fully saturated rings. The lowest BCUT2D eigenvalue weighted by Crippen LogP contribution is -2.24. The Morgan fingerprint density at radius 2 is 2.32 bits per heavy atom. The van der Waals surface area contributed by atoms with Crippen molar-refractivity contribution in [2.24, 2.45) is 0 Å². The van der Waals surface area contributed by atoms with E-state index < -0.39 is 0 Å². The van der Waals surface area contributed by atoms with Gasteiger partial charge in [-0.15, -0.1) is 5.10 Å². The van der Waals surface area contributed by atoms with Crippen LogP contribution in [0.25, 0.3) is 5.82 Å². The Hall–Kier alpha value is -3.04. The number of rotatable bonds is 4. The first kappa shape index (κ1) is 12.7. The fourth-order valence-electron chi connectivity index (χ4n) is 2.68. The summed E-state index contributed by atoms with van der Waals surface area (Å²) in [5, 5.41) is 27.6. The van der Waals surface area contributed by atoms with Crippen LogP contribution in [0.4, 0.5) is 0 Å². The number of hydrogen-bond acceptors (Lipinski definition) is 6. The van der Waals surface area contributed by atoms with E-state index in [-0.39, 0.29) is 5.91 Å². The summed E-state index contributed by atoms with van der Waals surface area (Å²) in [4.78, 5) is 12.3. The maximum atomic E-state index is 12.3. The molecule has 112 valence electrons. The van der Waals surface area contributed by atoms with Crippen LogP contribution in [-0.4, -0.2) is 46.5 Å². The first-order valence-corrected chi connectivity index (χ1v) is 6.93. The van der Waals surface area contributed by atoms with E-state index in [9.17, 15) is 4.79 Å². The number of aryl methyl sites for hydroxylation is 1. The minimum Gasteiger partial charge on any atom is -0.346 e. The van der Waals surface area contributed by atoms with E-state index in [1.165, 1.54) is 28.5 Å². The molecule has 22 heavy (non-hydrogen) atoms. The Morgan fingerprint density at radius 3 is 3.18 bits per heavy atom. The molecule has 1 aliphatic rings. The van der Waals surface area contributed by atoms with Crippen molar-refractivity contribution in [3.05, 3.63) is 35.0 Å². The Morgan fingerprint density at radius 1 is 1.36 bits per heavy atom.